The molecule has 2 rings (SSSR count). The van der Waals surface area contributed by atoms with Crippen LogP contribution < -0.4 is 11.1 Å². The second-order valence-corrected chi connectivity index (χ2v) is 5.04. The summed E-state index contributed by atoms with van der Waals surface area (Å²) in [6.07, 6.45) is 2.55. The van der Waals surface area contributed by atoms with Gasteiger partial charge in [0.25, 0.3) is 0 Å². The van der Waals surface area contributed by atoms with Gasteiger partial charge in [-0.2, -0.15) is 0 Å². The molecule has 0 aliphatic rings. The van der Waals surface area contributed by atoms with Gasteiger partial charge in [-0.05, 0) is 37.6 Å². The molecule has 2 aromatic rings. The minimum atomic E-state index is -0.596. The monoisotopic (exact) mass is 291 g/mol. The lowest BCUT2D eigenvalue weighted by atomic mass is 9.97. The summed E-state index contributed by atoms with van der Waals surface area (Å²) in [7, 11) is 0. The molecule has 0 fully saturated rings. The highest BCUT2D eigenvalue weighted by Crippen LogP contribution is 2.28. The van der Waals surface area contributed by atoms with Crippen LogP contribution in [-0.2, 0) is 0 Å². The molecule has 112 valence electrons. The van der Waals surface area contributed by atoms with Gasteiger partial charge in [-0.1, -0.05) is 13.0 Å². The Labute approximate surface area is 123 Å². The first-order valence-electron chi connectivity index (χ1n) is 6.93. The summed E-state index contributed by atoms with van der Waals surface area (Å²) in [5, 5.41) is 3.25. The van der Waals surface area contributed by atoms with Crippen LogP contribution in [0.25, 0.3) is 0 Å². The Kier molecular flexibility index (Phi) is 4.85. The molecular formula is C16H19F2N3. The molecule has 0 amide bonds. The molecule has 0 spiro atoms. The van der Waals surface area contributed by atoms with E-state index in [1.54, 1.807) is 6.20 Å². The molecule has 0 aliphatic heterocycles. The lowest BCUT2D eigenvalue weighted by molar-refractivity contribution is 0.533. The minimum Gasteiger partial charge on any atom is -0.383 e. The van der Waals surface area contributed by atoms with Gasteiger partial charge >= 0.3 is 0 Å². The molecule has 3 N–H and O–H groups in total. The molecule has 1 unspecified atom stereocenters. The van der Waals surface area contributed by atoms with Crippen LogP contribution >= 0.6 is 0 Å². The number of nitrogens with one attached hydrogen (secondary N) is 1. The largest absolute Gasteiger partial charge is 0.383 e. The summed E-state index contributed by atoms with van der Waals surface area (Å²) in [6.45, 7) is 4.60. The maximum Gasteiger partial charge on any atom is 0.131 e. The number of pyridine rings is 1. The molecule has 0 aliphatic carbocycles. The maximum absolute atomic E-state index is 14.1. The van der Waals surface area contributed by atoms with Crippen molar-refractivity contribution >= 4 is 5.82 Å². The zero-order valence-electron chi connectivity index (χ0n) is 12.2. The van der Waals surface area contributed by atoms with Gasteiger partial charge in [-0.3, -0.25) is 0 Å². The summed E-state index contributed by atoms with van der Waals surface area (Å²) < 4.78 is 27.2. The van der Waals surface area contributed by atoms with E-state index in [0.29, 0.717) is 23.5 Å². The van der Waals surface area contributed by atoms with E-state index in [-0.39, 0.29) is 0 Å². The molecule has 5 heteroatoms. The Morgan fingerprint density at radius 3 is 2.67 bits per heavy atom. The quantitative estimate of drug-likeness (QED) is 0.888. The van der Waals surface area contributed by atoms with Crippen LogP contribution in [-0.4, -0.2) is 11.5 Å². The van der Waals surface area contributed by atoms with Crippen LogP contribution in [0, 0.1) is 18.6 Å². The first-order chi connectivity index (χ1) is 10.0. The number of hydrogen-bond acceptors (Lipinski definition) is 3. The number of benzene rings is 1. The van der Waals surface area contributed by atoms with E-state index in [2.05, 4.69) is 10.3 Å². The second kappa shape index (κ2) is 6.63. The number of anilines is 1. The molecule has 1 aromatic carbocycles. The number of nitrogens with two attached hydrogens (primary N) is 1. The first-order valence-corrected chi connectivity index (χ1v) is 6.93. The molecule has 0 saturated heterocycles. The van der Waals surface area contributed by atoms with Crippen molar-refractivity contribution in [2.45, 2.75) is 26.3 Å². The number of halogens is 2. The molecule has 0 bridgehead atoms. The molecule has 1 heterocycles. The average Bonchev–Trinajstić information content (AvgIpc) is 2.44. The number of hydrogen-bond donors (Lipinski definition) is 2. The van der Waals surface area contributed by atoms with Gasteiger partial charge in [0.1, 0.15) is 17.5 Å². The van der Waals surface area contributed by atoms with Crippen molar-refractivity contribution in [1.82, 2.24) is 10.3 Å². The fraction of sp³-hybridized carbons (Fsp3) is 0.312. The van der Waals surface area contributed by atoms with E-state index in [1.165, 1.54) is 12.1 Å². The van der Waals surface area contributed by atoms with E-state index < -0.39 is 17.7 Å². The maximum atomic E-state index is 14.1. The normalized spacial score (nSPS) is 12.4. The molecule has 1 atom stereocenters. The number of rotatable bonds is 5. The van der Waals surface area contributed by atoms with Crippen LogP contribution in [0.2, 0.25) is 0 Å². The van der Waals surface area contributed by atoms with Gasteiger partial charge < -0.3 is 11.1 Å². The lowest BCUT2D eigenvalue weighted by Gasteiger charge is -2.21. The number of aromatic nitrogens is 1. The second-order valence-electron chi connectivity index (χ2n) is 5.04. The fourth-order valence-electron chi connectivity index (χ4n) is 2.25. The van der Waals surface area contributed by atoms with E-state index in [4.69, 9.17) is 5.73 Å². The smallest absolute Gasteiger partial charge is 0.131 e. The van der Waals surface area contributed by atoms with Gasteiger partial charge in [0.15, 0.2) is 0 Å². The molecule has 21 heavy (non-hydrogen) atoms. The van der Waals surface area contributed by atoms with Crippen LogP contribution in [0.3, 0.4) is 0 Å². The van der Waals surface area contributed by atoms with Gasteiger partial charge in [0.2, 0.25) is 0 Å². The summed E-state index contributed by atoms with van der Waals surface area (Å²) in [5.41, 5.74) is 7.93. The molecular weight excluding hydrogens is 272 g/mol. The predicted molar refractivity (Wildman–Crippen MR) is 79.9 cm³/mol. The molecule has 1 aromatic heterocycles. The lowest BCUT2D eigenvalue weighted by Crippen LogP contribution is -2.25. The number of nitrogens with zero attached hydrogens (tertiary/aromatic N) is 1. The van der Waals surface area contributed by atoms with Gasteiger partial charge in [0, 0.05) is 23.4 Å². The van der Waals surface area contributed by atoms with Gasteiger partial charge in [0.05, 0.1) is 6.04 Å². The summed E-state index contributed by atoms with van der Waals surface area (Å²) in [6, 6.07) is 5.00. The molecule has 0 radical (unpaired) electrons. The standard InChI is InChI=1S/C16H19F2N3/c1-3-6-20-15(12-5-4-11(17)8-14(12)18)13-7-10(2)9-21-16(13)19/h4-5,7-9,15,20H,3,6H2,1-2H3,(H2,19,21). The number of aryl methyl sites for hydroxylation is 1. The third kappa shape index (κ3) is 3.55. The first kappa shape index (κ1) is 15.4. The van der Waals surface area contributed by atoms with Crippen LogP contribution in [0.5, 0.6) is 0 Å². The Morgan fingerprint density at radius 2 is 2.00 bits per heavy atom. The Bertz CT molecular complexity index is 629. The van der Waals surface area contributed by atoms with Crippen LogP contribution in [0.4, 0.5) is 14.6 Å². The van der Waals surface area contributed by atoms with Gasteiger partial charge in [-0.25, -0.2) is 13.8 Å². The predicted octanol–water partition coefficient (Wildman–Crippen LogP) is 3.34. The van der Waals surface area contributed by atoms with Crippen molar-refractivity contribution in [2.24, 2.45) is 0 Å². The molecule has 0 saturated carbocycles. The van der Waals surface area contributed by atoms with Crippen molar-refractivity contribution in [3.63, 3.8) is 0 Å². The summed E-state index contributed by atoms with van der Waals surface area (Å²) in [4.78, 5) is 4.12. The third-order valence-corrected chi connectivity index (χ3v) is 3.27. The zero-order valence-corrected chi connectivity index (χ0v) is 12.2. The Balaban J connectivity index is 2.49. The van der Waals surface area contributed by atoms with E-state index in [9.17, 15) is 8.78 Å². The third-order valence-electron chi connectivity index (χ3n) is 3.27. The fourth-order valence-corrected chi connectivity index (χ4v) is 2.25. The Hall–Kier alpha value is -2.01. The van der Waals surface area contributed by atoms with Crippen molar-refractivity contribution in [3.05, 3.63) is 58.8 Å². The van der Waals surface area contributed by atoms with Crippen LogP contribution in [0.15, 0.2) is 30.5 Å². The highest BCUT2D eigenvalue weighted by Gasteiger charge is 2.20. The SMILES string of the molecule is CCCNC(c1ccc(F)cc1F)c1cc(C)cnc1N. The van der Waals surface area contributed by atoms with Crippen molar-refractivity contribution in [1.29, 1.82) is 0 Å². The average molecular weight is 291 g/mol. The van der Waals surface area contributed by atoms with E-state index >= 15 is 0 Å². The van der Waals surface area contributed by atoms with E-state index in [0.717, 1.165) is 18.1 Å². The van der Waals surface area contributed by atoms with Gasteiger partial charge in [-0.15, -0.1) is 0 Å². The summed E-state index contributed by atoms with van der Waals surface area (Å²) >= 11 is 0. The van der Waals surface area contributed by atoms with E-state index in [1.807, 2.05) is 19.9 Å². The van der Waals surface area contributed by atoms with Crippen molar-refractivity contribution in [3.8, 4) is 0 Å². The molecule has 3 nitrogen and oxygen atoms in total. The highest BCUT2D eigenvalue weighted by atomic mass is 19.1. The number of nitrogen functional groups attached to an aromatic ring is 1. The topological polar surface area (TPSA) is 50.9 Å². The van der Waals surface area contributed by atoms with Crippen molar-refractivity contribution in [2.75, 3.05) is 12.3 Å². The summed E-state index contributed by atoms with van der Waals surface area (Å²) in [5.74, 6) is -0.844. The van der Waals surface area contributed by atoms with Crippen LogP contribution in [0.1, 0.15) is 36.1 Å². The zero-order chi connectivity index (χ0) is 15.4. The Morgan fingerprint density at radius 1 is 1.24 bits per heavy atom. The highest BCUT2D eigenvalue weighted by molar-refractivity contribution is 5.47. The minimum absolute atomic E-state index is 0.345. The van der Waals surface area contributed by atoms with Crippen molar-refractivity contribution < 1.29 is 8.78 Å².